The number of imide groups is 1. The molecule has 0 spiro atoms. The van der Waals surface area contributed by atoms with Crippen molar-refractivity contribution in [2.45, 2.75) is 11.8 Å². The summed E-state index contributed by atoms with van der Waals surface area (Å²) in [5.74, 6) is 1.12. The number of aryl methyl sites for hydroxylation is 1. The molecule has 7 heteroatoms. The first-order valence-electron chi connectivity index (χ1n) is 11.6. The Morgan fingerprint density at radius 3 is 2.11 bits per heavy atom. The van der Waals surface area contributed by atoms with Crippen LogP contribution in [0.5, 0.6) is 17.2 Å². The maximum atomic E-state index is 13.6. The second-order valence-corrected chi connectivity index (χ2v) is 9.41. The number of thioether (sulfide) groups is 1. The number of nitrogens with one attached hydrogen (secondary N) is 1. The molecule has 37 heavy (non-hydrogen) atoms. The van der Waals surface area contributed by atoms with Gasteiger partial charge >= 0.3 is 0 Å². The predicted octanol–water partition coefficient (Wildman–Crippen LogP) is 6.79. The van der Waals surface area contributed by atoms with E-state index in [-0.39, 0.29) is 5.70 Å². The Morgan fingerprint density at radius 1 is 0.730 bits per heavy atom. The van der Waals surface area contributed by atoms with E-state index in [1.54, 1.807) is 37.4 Å². The minimum atomic E-state index is -0.431. The molecular weight excluding hydrogens is 484 g/mol. The number of anilines is 2. The lowest BCUT2D eigenvalue weighted by atomic mass is 10.2. The third-order valence-corrected chi connectivity index (χ3v) is 6.79. The highest BCUT2D eigenvalue weighted by Gasteiger charge is 2.40. The van der Waals surface area contributed by atoms with Crippen molar-refractivity contribution < 1.29 is 19.1 Å². The lowest BCUT2D eigenvalue weighted by Gasteiger charge is -2.16. The van der Waals surface area contributed by atoms with Gasteiger partial charge in [0.15, 0.2) is 0 Å². The van der Waals surface area contributed by atoms with Gasteiger partial charge < -0.3 is 14.8 Å². The molecule has 184 valence electrons. The van der Waals surface area contributed by atoms with Crippen LogP contribution in [0.3, 0.4) is 0 Å². The van der Waals surface area contributed by atoms with Gasteiger partial charge in [0.25, 0.3) is 11.8 Å². The first kappa shape index (κ1) is 24.2. The van der Waals surface area contributed by atoms with E-state index >= 15 is 0 Å². The van der Waals surface area contributed by atoms with E-state index in [9.17, 15) is 9.59 Å². The number of carbonyl (C=O) groups is 2. The number of carbonyl (C=O) groups excluding carboxylic acids is 2. The van der Waals surface area contributed by atoms with Crippen molar-refractivity contribution in [1.29, 1.82) is 0 Å². The van der Waals surface area contributed by atoms with Crippen molar-refractivity contribution in [3.05, 3.63) is 119 Å². The minimum Gasteiger partial charge on any atom is -0.497 e. The number of benzene rings is 4. The van der Waals surface area contributed by atoms with Gasteiger partial charge in [-0.05, 0) is 67.6 Å². The molecule has 6 nitrogen and oxygen atoms in total. The molecule has 0 atom stereocenters. The number of nitrogens with zero attached hydrogens (tertiary/aromatic N) is 1. The summed E-state index contributed by atoms with van der Waals surface area (Å²) in [6, 6.07) is 31.3. The highest BCUT2D eigenvalue weighted by atomic mass is 32.2. The molecule has 1 aliphatic heterocycles. The van der Waals surface area contributed by atoms with Gasteiger partial charge in [0.1, 0.15) is 27.9 Å². The van der Waals surface area contributed by atoms with Crippen LogP contribution in [-0.4, -0.2) is 18.9 Å². The molecule has 0 radical (unpaired) electrons. The zero-order valence-electron chi connectivity index (χ0n) is 20.3. The molecule has 0 aromatic heterocycles. The fraction of sp³-hybridized carbons (Fsp3) is 0.0667. The molecule has 0 saturated heterocycles. The van der Waals surface area contributed by atoms with Crippen molar-refractivity contribution in [3.8, 4) is 17.2 Å². The number of para-hydroxylation sites is 1. The Kier molecular flexibility index (Phi) is 6.96. The van der Waals surface area contributed by atoms with E-state index in [4.69, 9.17) is 9.47 Å². The third kappa shape index (κ3) is 5.37. The van der Waals surface area contributed by atoms with Crippen LogP contribution in [0.4, 0.5) is 11.4 Å². The van der Waals surface area contributed by atoms with Crippen molar-refractivity contribution in [1.82, 2.24) is 0 Å². The summed E-state index contributed by atoms with van der Waals surface area (Å²) in [6.45, 7) is 2.00. The molecule has 4 aromatic carbocycles. The van der Waals surface area contributed by atoms with E-state index in [0.29, 0.717) is 33.5 Å². The van der Waals surface area contributed by atoms with Crippen LogP contribution in [0.1, 0.15) is 5.56 Å². The summed E-state index contributed by atoms with van der Waals surface area (Å²) in [4.78, 5) is 29.6. The molecule has 0 saturated carbocycles. The fourth-order valence-electron chi connectivity index (χ4n) is 3.81. The number of amides is 2. The maximum absolute atomic E-state index is 13.6. The van der Waals surface area contributed by atoms with E-state index in [2.05, 4.69) is 5.32 Å². The average molecular weight is 509 g/mol. The van der Waals surface area contributed by atoms with Crippen LogP contribution >= 0.6 is 11.8 Å². The van der Waals surface area contributed by atoms with Gasteiger partial charge in [0.2, 0.25) is 0 Å². The zero-order valence-corrected chi connectivity index (χ0v) is 21.1. The first-order valence-corrected chi connectivity index (χ1v) is 12.4. The summed E-state index contributed by atoms with van der Waals surface area (Å²) < 4.78 is 11.2. The van der Waals surface area contributed by atoms with E-state index in [1.807, 2.05) is 79.7 Å². The number of hydrogen-bond donors (Lipinski definition) is 1. The van der Waals surface area contributed by atoms with Gasteiger partial charge in [0, 0.05) is 16.6 Å². The van der Waals surface area contributed by atoms with Gasteiger partial charge in [-0.2, -0.15) is 0 Å². The monoisotopic (exact) mass is 508 g/mol. The lowest BCUT2D eigenvalue weighted by molar-refractivity contribution is -0.120. The normalized spacial score (nSPS) is 13.2. The number of hydrogen-bond acceptors (Lipinski definition) is 6. The van der Waals surface area contributed by atoms with Crippen LogP contribution in [0.25, 0.3) is 0 Å². The minimum absolute atomic E-state index is 0.216. The van der Waals surface area contributed by atoms with Crippen LogP contribution in [0, 0.1) is 6.92 Å². The molecule has 0 aliphatic carbocycles. The summed E-state index contributed by atoms with van der Waals surface area (Å²) >= 11 is 1.26. The second-order valence-electron chi connectivity index (χ2n) is 8.33. The highest BCUT2D eigenvalue weighted by Crippen LogP contribution is 2.38. The van der Waals surface area contributed by atoms with Crippen LogP contribution in [0.2, 0.25) is 0 Å². The van der Waals surface area contributed by atoms with Gasteiger partial charge in [-0.1, -0.05) is 53.7 Å². The van der Waals surface area contributed by atoms with E-state index in [0.717, 1.165) is 10.5 Å². The Balaban J connectivity index is 1.45. The van der Waals surface area contributed by atoms with Gasteiger partial charge in [-0.25, -0.2) is 4.90 Å². The summed E-state index contributed by atoms with van der Waals surface area (Å²) in [7, 11) is 1.58. The van der Waals surface area contributed by atoms with Crippen molar-refractivity contribution in [3.63, 3.8) is 0 Å². The van der Waals surface area contributed by atoms with Gasteiger partial charge in [0.05, 0.1) is 12.8 Å². The van der Waals surface area contributed by atoms with Crippen LogP contribution < -0.4 is 19.7 Å². The Labute approximate surface area is 219 Å². The Morgan fingerprint density at radius 2 is 1.41 bits per heavy atom. The lowest BCUT2D eigenvalue weighted by Crippen LogP contribution is -2.32. The second kappa shape index (κ2) is 10.6. The SMILES string of the molecule is COc1cccc(NC2=C(Sc3ccc(C)cc3)C(=O)N(c3ccc(Oc4ccccc4)cc3)C2=O)c1. The maximum Gasteiger partial charge on any atom is 0.283 e. The Hall–Kier alpha value is -4.49. The molecule has 1 heterocycles. The summed E-state index contributed by atoms with van der Waals surface area (Å²) in [6.07, 6.45) is 0. The van der Waals surface area contributed by atoms with E-state index in [1.165, 1.54) is 16.7 Å². The smallest absolute Gasteiger partial charge is 0.283 e. The zero-order chi connectivity index (χ0) is 25.8. The largest absolute Gasteiger partial charge is 0.497 e. The average Bonchev–Trinajstić information content (AvgIpc) is 3.15. The molecule has 2 amide bonds. The van der Waals surface area contributed by atoms with Crippen molar-refractivity contribution in [2.24, 2.45) is 0 Å². The number of rotatable bonds is 8. The van der Waals surface area contributed by atoms with Gasteiger partial charge in [-0.3, -0.25) is 9.59 Å². The topological polar surface area (TPSA) is 67.9 Å². The van der Waals surface area contributed by atoms with Crippen LogP contribution in [0.15, 0.2) is 119 Å². The molecular formula is C30H24N2O4S. The predicted molar refractivity (Wildman–Crippen MR) is 146 cm³/mol. The molecule has 4 aromatic rings. The molecule has 1 aliphatic rings. The molecule has 0 fully saturated rings. The summed E-state index contributed by atoms with van der Waals surface area (Å²) in [5, 5.41) is 3.16. The molecule has 0 unspecified atom stereocenters. The number of methoxy groups -OCH3 is 1. The summed E-state index contributed by atoms with van der Waals surface area (Å²) in [5.41, 5.74) is 2.43. The highest BCUT2D eigenvalue weighted by molar-refractivity contribution is 8.04. The first-order chi connectivity index (χ1) is 18.0. The molecule has 0 bridgehead atoms. The van der Waals surface area contributed by atoms with Crippen LogP contribution in [-0.2, 0) is 9.59 Å². The van der Waals surface area contributed by atoms with Crippen molar-refractivity contribution in [2.75, 3.05) is 17.3 Å². The fourth-order valence-corrected chi connectivity index (χ4v) is 4.73. The van der Waals surface area contributed by atoms with Crippen molar-refractivity contribution >= 4 is 35.0 Å². The third-order valence-electron chi connectivity index (χ3n) is 5.70. The van der Waals surface area contributed by atoms with Gasteiger partial charge in [-0.15, -0.1) is 0 Å². The Bertz CT molecular complexity index is 1470. The molecule has 1 N–H and O–H groups in total. The molecule has 5 rings (SSSR count). The quantitative estimate of drug-likeness (QED) is 0.265. The standard InChI is InChI=1S/C30H24N2O4S/c1-20-11-17-26(18-12-20)37-28-27(31-21-7-6-10-25(19-21)35-2)29(33)32(30(28)34)22-13-15-24(16-14-22)36-23-8-4-3-5-9-23/h3-19,31H,1-2H3. The number of ether oxygens (including phenoxy) is 2. The van der Waals surface area contributed by atoms with E-state index < -0.39 is 11.8 Å².